The molecule has 0 radical (unpaired) electrons. The first kappa shape index (κ1) is 12.4. The standard InChI is InChI=1S/C10H16N2.ClH/c1-10(2,3)9(11)8-6-4-5-7-12-8;/h4-7,9H,11H2,1-3H3;1H/t9-;/m1./s1. The first-order chi connectivity index (χ1) is 5.52. The molecule has 3 heteroatoms. The van der Waals surface area contributed by atoms with Gasteiger partial charge in [-0.15, -0.1) is 12.4 Å². The van der Waals surface area contributed by atoms with Gasteiger partial charge in [0.25, 0.3) is 0 Å². The fourth-order valence-electron chi connectivity index (χ4n) is 1.00. The van der Waals surface area contributed by atoms with Gasteiger partial charge in [-0.05, 0) is 17.5 Å². The van der Waals surface area contributed by atoms with Crippen LogP contribution in [0.4, 0.5) is 0 Å². The second-order valence-corrected chi connectivity index (χ2v) is 4.10. The lowest BCUT2D eigenvalue weighted by molar-refractivity contribution is 0.321. The summed E-state index contributed by atoms with van der Waals surface area (Å²) in [4.78, 5) is 4.22. The van der Waals surface area contributed by atoms with Gasteiger partial charge >= 0.3 is 0 Å². The lowest BCUT2D eigenvalue weighted by atomic mass is 9.85. The van der Waals surface area contributed by atoms with E-state index in [9.17, 15) is 0 Å². The molecule has 1 atom stereocenters. The van der Waals surface area contributed by atoms with Crippen LogP contribution in [0.5, 0.6) is 0 Å². The van der Waals surface area contributed by atoms with E-state index in [1.54, 1.807) is 6.20 Å². The Labute approximate surface area is 86.0 Å². The summed E-state index contributed by atoms with van der Waals surface area (Å²) < 4.78 is 0. The second-order valence-electron chi connectivity index (χ2n) is 4.10. The summed E-state index contributed by atoms with van der Waals surface area (Å²) in [5, 5.41) is 0. The molecule has 2 nitrogen and oxygen atoms in total. The molecule has 0 fully saturated rings. The molecule has 0 aliphatic carbocycles. The van der Waals surface area contributed by atoms with Crippen molar-refractivity contribution in [3.63, 3.8) is 0 Å². The number of hydrogen-bond donors (Lipinski definition) is 1. The maximum atomic E-state index is 6.01. The van der Waals surface area contributed by atoms with Gasteiger partial charge in [0, 0.05) is 6.20 Å². The molecule has 0 unspecified atom stereocenters. The lowest BCUT2D eigenvalue weighted by Gasteiger charge is -2.26. The van der Waals surface area contributed by atoms with Gasteiger partial charge in [-0.1, -0.05) is 26.8 Å². The summed E-state index contributed by atoms with van der Waals surface area (Å²) in [6, 6.07) is 5.85. The summed E-state index contributed by atoms with van der Waals surface area (Å²) >= 11 is 0. The van der Waals surface area contributed by atoms with Crippen LogP contribution in [0.1, 0.15) is 32.5 Å². The Morgan fingerprint density at radius 1 is 1.31 bits per heavy atom. The molecular weight excluding hydrogens is 184 g/mol. The van der Waals surface area contributed by atoms with Crippen molar-refractivity contribution in [3.8, 4) is 0 Å². The third kappa shape index (κ3) is 3.33. The largest absolute Gasteiger partial charge is 0.322 e. The minimum atomic E-state index is 0. The zero-order chi connectivity index (χ0) is 9.19. The first-order valence-electron chi connectivity index (χ1n) is 4.18. The van der Waals surface area contributed by atoms with Gasteiger partial charge < -0.3 is 5.73 Å². The smallest absolute Gasteiger partial charge is 0.0576 e. The molecule has 13 heavy (non-hydrogen) atoms. The molecule has 0 amide bonds. The summed E-state index contributed by atoms with van der Waals surface area (Å²) in [5.74, 6) is 0. The van der Waals surface area contributed by atoms with Crippen LogP contribution < -0.4 is 5.73 Å². The predicted octanol–water partition coefficient (Wildman–Crippen LogP) is 2.55. The molecule has 0 spiro atoms. The number of aromatic nitrogens is 1. The number of nitrogens with two attached hydrogens (primary N) is 1. The van der Waals surface area contributed by atoms with E-state index in [4.69, 9.17) is 5.73 Å². The monoisotopic (exact) mass is 200 g/mol. The molecule has 1 aromatic heterocycles. The van der Waals surface area contributed by atoms with Gasteiger partial charge in [-0.25, -0.2) is 0 Å². The van der Waals surface area contributed by atoms with E-state index in [-0.39, 0.29) is 23.9 Å². The van der Waals surface area contributed by atoms with E-state index in [0.29, 0.717) is 0 Å². The topological polar surface area (TPSA) is 38.9 Å². The molecule has 0 saturated carbocycles. The number of pyridine rings is 1. The number of rotatable bonds is 1. The zero-order valence-electron chi connectivity index (χ0n) is 8.32. The molecule has 0 aliphatic rings. The average Bonchev–Trinajstić information content (AvgIpc) is 2.03. The van der Waals surface area contributed by atoms with Crippen molar-refractivity contribution in [2.75, 3.05) is 0 Å². The van der Waals surface area contributed by atoms with Crippen molar-refractivity contribution in [2.45, 2.75) is 26.8 Å². The van der Waals surface area contributed by atoms with Gasteiger partial charge in [0.2, 0.25) is 0 Å². The first-order valence-corrected chi connectivity index (χ1v) is 4.18. The summed E-state index contributed by atoms with van der Waals surface area (Å²) in [5.41, 5.74) is 7.05. The normalized spacial score (nSPS) is 13.2. The minimum Gasteiger partial charge on any atom is -0.322 e. The molecule has 1 rings (SSSR count). The van der Waals surface area contributed by atoms with Crippen LogP contribution >= 0.6 is 12.4 Å². The molecule has 2 N–H and O–H groups in total. The van der Waals surface area contributed by atoms with Crippen LogP contribution in [-0.4, -0.2) is 4.98 Å². The Balaban J connectivity index is 0.00000144. The Kier molecular flexibility index (Phi) is 4.37. The van der Waals surface area contributed by atoms with Crippen LogP contribution in [-0.2, 0) is 0 Å². The number of nitrogens with zero attached hydrogens (tertiary/aromatic N) is 1. The van der Waals surface area contributed by atoms with E-state index in [0.717, 1.165) is 5.69 Å². The third-order valence-electron chi connectivity index (χ3n) is 1.94. The van der Waals surface area contributed by atoms with Gasteiger partial charge in [0.05, 0.1) is 11.7 Å². The molecule has 0 bridgehead atoms. The average molecular weight is 201 g/mol. The van der Waals surface area contributed by atoms with Crippen LogP contribution in [0, 0.1) is 5.41 Å². The van der Waals surface area contributed by atoms with E-state index >= 15 is 0 Å². The van der Waals surface area contributed by atoms with E-state index in [1.807, 2.05) is 18.2 Å². The van der Waals surface area contributed by atoms with Gasteiger partial charge in [-0.3, -0.25) is 4.98 Å². The second kappa shape index (κ2) is 4.58. The SMILES string of the molecule is CC(C)(C)[C@H](N)c1ccccn1.Cl. The minimum absolute atomic E-state index is 0. The highest BCUT2D eigenvalue weighted by Crippen LogP contribution is 2.28. The highest BCUT2D eigenvalue weighted by atomic mass is 35.5. The lowest BCUT2D eigenvalue weighted by Crippen LogP contribution is -2.26. The summed E-state index contributed by atoms with van der Waals surface area (Å²) in [7, 11) is 0. The van der Waals surface area contributed by atoms with Crippen molar-refractivity contribution >= 4 is 12.4 Å². The van der Waals surface area contributed by atoms with Crippen molar-refractivity contribution in [3.05, 3.63) is 30.1 Å². The Hall–Kier alpha value is -0.600. The highest BCUT2D eigenvalue weighted by molar-refractivity contribution is 5.85. The van der Waals surface area contributed by atoms with Crippen LogP contribution in [0.2, 0.25) is 0 Å². The molecule has 0 aromatic carbocycles. The molecule has 74 valence electrons. The van der Waals surface area contributed by atoms with Crippen LogP contribution in [0.25, 0.3) is 0 Å². The predicted molar refractivity (Wildman–Crippen MR) is 57.9 cm³/mol. The maximum absolute atomic E-state index is 6.01. The van der Waals surface area contributed by atoms with Crippen LogP contribution in [0.15, 0.2) is 24.4 Å². The van der Waals surface area contributed by atoms with Crippen LogP contribution in [0.3, 0.4) is 0 Å². The fourth-order valence-corrected chi connectivity index (χ4v) is 1.00. The van der Waals surface area contributed by atoms with Crippen molar-refractivity contribution < 1.29 is 0 Å². The van der Waals surface area contributed by atoms with Crippen molar-refractivity contribution in [1.29, 1.82) is 0 Å². The van der Waals surface area contributed by atoms with E-state index in [2.05, 4.69) is 25.8 Å². The highest BCUT2D eigenvalue weighted by Gasteiger charge is 2.22. The van der Waals surface area contributed by atoms with Crippen molar-refractivity contribution in [2.24, 2.45) is 11.1 Å². The molecule has 1 heterocycles. The molecular formula is C10H17ClN2. The third-order valence-corrected chi connectivity index (χ3v) is 1.94. The van der Waals surface area contributed by atoms with E-state index < -0.39 is 0 Å². The zero-order valence-corrected chi connectivity index (χ0v) is 9.14. The molecule has 0 saturated heterocycles. The number of hydrogen-bond acceptors (Lipinski definition) is 2. The summed E-state index contributed by atoms with van der Waals surface area (Å²) in [6.45, 7) is 6.35. The number of halogens is 1. The molecule has 1 aromatic rings. The van der Waals surface area contributed by atoms with Gasteiger partial charge in [0.1, 0.15) is 0 Å². The van der Waals surface area contributed by atoms with Gasteiger partial charge in [-0.2, -0.15) is 0 Å². The summed E-state index contributed by atoms with van der Waals surface area (Å²) in [6.07, 6.45) is 1.78. The maximum Gasteiger partial charge on any atom is 0.0576 e. The van der Waals surface area contributed by atoms with Gasteiger partial charge in [0.15, 0.2) is 0 Å². The van der Waals surface area contributed by atoms with Crippen molar-refractivity contribution in [1.82, 2.24) is 4.98 Å². The Morgan fingerprint density at radius 2 is 1.92 bits per heavy atom. The Bertz CT molecular complexity index is 241. The quantitative estimate of drug-likeness (QED) is 0.757. The van der Waals surface area contributed by atoms with E-state index in [1.165, 1.54) is 0 Å². The fraction of sp³-hybridized carbons (Fsp3) is 0.500. The molecule has 0 aliphatic heterocycles. The Morgan fingerprint density at radius 3 is 2.31 bits per heavy atom.